The summed E-state index contributed by atoms with van der Waals surface area (Å²) in [6.07, 6.45) is 2.06. The zero-order chi connectivity index (χ0) is 34.2. The summed E-state index contributed by atoms with van der Waals surface area (Å²) in [7, 11) is 0. The second kappa shape index (κ2) is 11.3. The lowest BCUT2D eigenvalue weighted by atomic mass is 9.82. The van der Waals surface area contributed by atoms with E-state index in [1.165, 1.54) is 77.0 Å². The standard InChI is InChI=1S/C50H30N2/c1-3-15-32(16-4-1)45-37-20-9-10-21-38(37)46(33-17-5-2-6-18-33)49-41-28-27-35(36-23-13-24-40(47(36)41)48(45)49)42-30-51-50(39-22-11-8-19-34(39)42)44-29-26-31-14-7-12-25-43(31)52-44/h1-30H. The first-order chi connectivity index (χ1) is 25.8. The first kappa shape index (κ1) is 28.9. The Morgan fingerprint density at radius 3 is 1.60 bits per heavy atom. The third-order valence-corrected chi connectivity index (χ3v) is 10.8. The average Bonchev–Trinajstić information content (AvgIpc) is 3.55. The highest BCUT2D eigenvalue weighted by Gasteiger charge is 2.31. The van der Waals surface area contributed by atoms with Crippen molar-refractivity contribution in [2.24, 2.45) is 0 Å². The van der Waals surface area contributed by atoms with Gasteiger partial charge in [-0.05, 0) is 89.1 Å². The van der Waals surface area contributed by atoms with Crippen LogP contribution in [0.5, 0.6) is 0 Å². The Morgan fingerprint density at radius 2 is 0.885 bits per heavy atom. The van der Waals surface area contributed by atoms with Crippen LogP contribution in [-0.2, 0) is 0 Å². The fourth-order valence-corrected chi connectivity index (χ4v) is 8.65. The van der Waals surface area contributed by atoms with Crippen LogP contribution in [0.25, 0.3) is 110 Å². The maximum atomic E-state index is 5.15. The van der Waals surface area contributed by atoms with Gasteiger partial charge in [-0.25, -0.2) is 4.98 Å². The average molecular weight is 659 g/mol. The van der Waals surface area contributed by atoms with Crippen LogP contribution in [0.2, 0.25) is 0 Å². The fraction of sp³-hybridized carbons (Fsp3) is 0. The number of nitrogens with zero attached hydrogens (tertiary/aromatic N) is 2. The van der Waals surface area contributed by atoms with Gasteiger partial charge in [-0.1, -0.05) is 164 Å². The third kappa shape index (κ3) is 4.19. The van der Waals surface area contributed by atoms with Gasteiger partial charge in [0.1, 0.15) is 0 Å². The summed E-state index contributed by atoms with van der Waals surface area (Å²) in [6, 6.07) is 63.4. The number of fused-ring (bicyclic) bond motifs is 6. The smallest absolute Gasteiger partial charge is 0.0965 e. The predicted octanol–water partition coefficient (Wildman–Crippen LogP) is 13.4. The maximum Gasteiger partial charge on any atom is 0.0965 e. The van der Waals surface area contributed by atoms with Crippen LogP contribution in [0, 0.1) is 0 Å². The summed E-state index contributed by atoms with van der Waals surface area (Å²) in [5, 5.41) is 8.45. The van der Waals surface area contributed by atoms with Crippen molar-refractivity contribution in [2.75, 3.05) is 0 Å². The zero-order valence-corrected chi connectivity index (χ0v) is 28.2. The van der Waals surface area contributed by atoms with Crippen molar-refractivity contribution < 1.29 is 0 Å². The zero-order valence-electron chi connectivity index (χ0n) is 28.2. The van der Waals surface area contributed by atoms with Crippen molar-refractivity contribution in [1.29, 1.82) is 0 Å². The summed E-state index contributed by atoms with van der Waals surface area (Å²) >= 11 is 0. The van der Waals surface area contributed by atoms with Crippen LogP contribution in [0.15, 0.2) is 182 Å². The number of rotatable bonds is 4. The van der Waals surface area contributed by atoms with E-state index in [0.717, 1.165) is 33.2 Å². The Hall–Kier alpha value is -6.90. The highest BCUT2D eigenvalue weighted by atomic mass is 14.8. The van der Waals surface area contributed by atoms with Crippen LogP contribution in [0.1, 0.15) is 0 Å². The summed E-state index contributed by atoms with van der Waals surface area (Å²) in [4.78, 5) is 10.2. The van der Waals surface area contributed by atoms with E-state index in [0.29, 0.717) is 0 Å². The number of hydrogen-bond acceptors (Lipinski definition) is 2. The first-order valence-corrected chi connectivity index (χ1v) is 17.8. The Balaban J connectivity index is 1.20. The molecule has 0 radical (unpaired) electrons. The lowest BCUT2D eigenvalue weighted by molar-refractivity contribution is 1.30. The Bertz CT molecular complexity index is 2960. The molecule has 2 heterocycles. The van der Waals surface area contributed by atoms with Gasteiger partial charge in [0.2, 0.25) is 0 Å². The first-order valence-electron chi connectivity index (χ1n) is 17.8. The minimum absolute atomic E-state index is 0.881. The fourth-order valence-electron chi connectivity index (χ4n) is 8.65. The highest BCUT2D eigenvalue weighted by molar-refractivity contribution is 6.29. The van der Waals surface area contributed by atoms with E-state index in [2.05, 4.69) is 176 Å². The normalized spacial score (nSPS) is 11.8. The molecular weight excluding hydrogens is 629 g/mol. The Kier molecular flexibility index (Phi) is 6.28. The predicted molar refractivity (Wildman–Crippen MR) is 218 cm³/mol. The van der Waals surface area contributed by atoms with Gasteiger partial charge in [-0.3, -0.25) is 4.98 Å². The molecular formula is C50H30N2. The highest BCUT2D eigenvalue weighted by Crippen LogP contribution is 2.58. The van der Waals surface area contributed by atoms with E-state index in [9.17, 15) is 0 Å². The molecule has 1 aliphatic carbocycles. The molecule has 8 aromatic carbocycles. The molecule has 0 amide bonds. The molecule has 0 aliphatic heterocycles. The van der Waals surface area contributed by atoms with Crippen molar-refractivity contribution in [3.63, 3.8) is 0 Å². The Morgan fingerprint density at radius 1 is 0.327 bits per heavy atom. The van der Waals surface area contributed by atoms with Crippen molar-refractivity contribution in [1.82, 2.24) is 9.97 Å². The van der Waals surface area contributed by atoms with Gasteiger partial charge in [0, 0.05) is 22.5 Å². The number of aromatic nitrogens is 2. The van der Waals surface area contributed by atoms with Gasteiger partial charge in [0.15, 0.2) is 0 Å². The second-order valence-electron chi connectivity index (χ2n) is 13.6. The summed E-state index contributed by atoms with van der Waals surface area (Å²) in [5.74, 6) is 0. The minimum Gasteiger partial charge on any atom is -0.253 e. The van der Waals surface area contributed by atoms with Crippen molar-refractivity contribution >= 4 is 43.2 Å². The van der Waals surface area contributed by atoms with Crippen molar-refractivity contribution in [2.45, 2.75) is 0 Å². The van der Waals surface area contributed by atoms with Crippen LogP contribution in [0.4, 0.5) is 0 Å². The summed E-state index contributed by atoms with van der Waals surface area (Å²) < 4.78 is 0. The van der Waals surface area contributed by atoms with E-state index in [-0.39, 0.29) is 0 Å². The Labute approximate surface area is 301 Å². The molecule has 11 rings (SSSR count). The molecule has 2 aromatic heterocycles. The van der Waals surface area contributed by atoms with E-state index < -0.39 is 0 Å². The molecule has 52 heavy (non-hydrogen) atoms. The molecule has 0 unspecified atom stereocenters. The molecule has 10 aromatic rings. The quantitative estimate of drug-likeness (QED) is 0.188. The minimum atomic E-state index is 0.881. The molecule has 0 spiro atoms. The second-order valence-corrected chi connectivity index (χ2v) is 13.6. The van der Waals surface area contributed by atoms with E-state index in [1.807, 2.05) is 6.07 Å². The van der Waals surface area contributed by atoms with Crippen LogP contribution in [-0.4, -0.2) is 9.97 Å². The van der Waals surface area contributed by atoms with Gasteiger partial charge in [0.25, 0.3) is 0 Å². The largest absolute Gasteiger partial charge is 0.253 e. The number of hydrogen-bond donors (Lipinski definition) is 0. The third-order valence-electron chi connectivity index (χ3n) is 10.8. The van der Waals surface area contributed by atoms with E-state index in [1.54, 1.807) is 0 Å². The SMILES string of the molecule is c1ccc(-c2c3c(c(-c4ccccc4)c4ccccc24)-c2ccc(-c4cnc(-c5ccc6ccccc6n5)c5ccccc45)c4cccc-3c24)cc1. The summed E-state index contributed by atoms with van der Waals surface area (Å²) in [5.41, 5.74) is 15.3. The van der Waals surface area contributed by atoms with Gasteiger partial charge in [-0.15, -0.1) is 0 Å². The summed E-state index contributed by atoms with van der Waals surface area (Å²) in [6.45, 7) is 0. The lowest BCUT2D eigenvalue weighted by Gasteiger charge is -2.20. The lowest BCUT2D eigenvalue weighted by Crippen LogP contribution is -1.93. The van der Waals surface area contributed by atoms with Crippen molar-refractivity contribution in [3.8, 4) is 67.0 Å². The van der Waals surface area contributed by atoms with Crippen LogP contribution in [0.3, 0.4) is 0 Å². The van der Waals surface area contributed by atoms with Gasteiger partial charge >= 0.3 is 0 Å². The van der Waals surface area contributed by atoms with E-state index in [4.69, 9.17) is 9.97 Å². The molecule has 2 nitrogen and oxygen atoms in total. The molecule has 0 saturated carbocycles. The molecule has 0 fully saturated rings. The topological polar surface area (TPSA) is 25.8 Å². The van der Waals surface area contributed by atoms with Crippen LogP contribution >= 0.6 is 0 Å². The molecule has 2 heteroatoms. The van der Waals surface area contributed by atoms with Crippen molar-refractivity contribution in [3.05, 3.63) is 182 Å². The van der Waals surface area contributed by atoms with Gasteiger partial charge < -0.3 is 0 Å². The van der Waals surface area contributed by atoms with Gasteiger partial charge in [0.05, 0.1) is 16.9 Å². The van der Waals surface area contributed by atoms with Gasteiger partial charge in [-0.2, -0.15) is 0 Å². The molecule has 1 aliphatic rings. The van der Waals surface area contributed by atoms with E-state index >= 15 is 0 Å². The number of benzene rings is 8. The monoisotopic (exact) mass is 658 g/mol. The molecule has 0 saturated heterocycles. The molecule has 240 valence electrons. The molecule has 0 N–H and O–H groups in total. The molecule has 0 bridgehead atoms. The number of pyridine rings is 2. The maximum absolute atomic E-state index is 5.15. The van der Waals surface area contributed by atoms with Crippen LogP contribution < -0.4 is 0 Å². The number of para-hydroxylation sites is 1. The molecule has 0 atom stereocenters.